The van der Waals surface area contributed by atoms with Crippen LogP contribution in [0.4, 0.5) is 0 Å². The lowest BCUT2D eigenvalue weighted by molar-refractivity contribution is 0.443. The zero-order valence-electron chi connectivity index (χ0n) is 18.5. The number of rotatable bonds is 5. The number of nitrogens with zero attached hydrogens (tertiary/aromatic N) is 1. The third-order valence-electron chi connectivity index (χ3n) is 6.89. The third-order valence-corrected chi connectivity index (χ3v) is 6.89. The van der Waals surface area contributed by atoms with Crippen molar-refractivity contribution in [2.45, 2.75) is 57.8 Å². The van der Waals surface area contributed by atoms with Crippen molar-refractivity contribution in [3.63, 3.8) is 0 Å². The van der Waals surface area contributed by atoms with Gasteiger partial charge in [-0.2, -0.15) is 0 Å². The zero-order chi connectivity index (χ0) is 21.0. The van der Waals surface area contributed by atoms with E-state index in [-0.39, 0.29) is 0 Å². The van der Waals surface area contributed by atoms with Crippen molar-refractivity contribution < 1.29 is 0 Å². The fourth-order valence-electron chi connectivity index (χ4n) is 5.22. The Morgan fingerprint density at radius 3 is 2.35 bits per heavy atom. The standard InChI is InChI=1S/C30H31N/c1-2-8-25-11-6-7-12-27(25)28-19-20-31-30-21-26(17-18-29(28)30)24-15-13-23(14-16-24)22-9-4-3-5-10-22/h6-7,11-22H,2-5,8-10H2,1H3. The molecule has 0 amide bonds. The fourth-order valence-corrected chi connectivity index (χ4v) is 5.22. The van der Waals surface area contributed by atoms with Crippen molar-refractivity contribution >= 4 is 10.9 Å². The molecule has 0 aliphatic heterocycles. The van der Waals surface area contributed by atoms with Gasteiger partial charge >= 0.3 is 0 Å². The minimum atomic E-state index is 0.756. The van der Waals surface area contributed by atoms with Crippen LogP contribution in [0.2, 0.25) is 0 Å². The van der Waals surface area contributed by atoms with Crippen molar-refractivity contribution in [2.75, 3.05) is 0 Å². The van der Waals surface area contributed by atoms with Crippen LogP contribution in [-0.2, 0) is 6.42 Å². The molecule has 1 nitrogen and oxygen atoms in total. The van der Waals surface area contributed by atoms with Gasteiger partial charge in [-0.1, -0.05) is 93.3 Å². The van der Waals surface area contributed by atoms with Crippen molar-refractivity contribution in [3.05, 3.63) is 90.1 Å². The molecule has 1 heterocycles. The molecule has 1 heteroatoms. The molecule has 0 N–H and O–H groups in total. The lowest BCUT2D eigenvalue weighted by Gasteiger charge is -2.22. The van der Waals surface area contributed by atoms with E-state index in [2.05, 4.69) is 79.7 Å². The molecule has 1 aliphatic rings. The summed E-state index contributed by atoms with van der Waals surface area (Å²) >= 11 is 0. The topological polar surface area (TPSA) is 12.9 Å². The fraction of sp³-hybridized carbons (Fsp3) is 0.300. The molecular weight excluding hydrogens is 374 g/mol. The molecule has 3 aromatic carbocycles. The summed E-state index contributed by atoms with van der Waals surface area (Å²) in [5.74, 6) is 0.756. The lowest BCUT2D eigenvalue weighted by Crippen LogP contribution is -2.04. The van der Waals surface area contributed by atoms with Crippen LogP contribution < -0.4 is 0 Å². The Hall–Kier alpha value is -2.93. The second-order valence-electron chi connectivity index (χ2n) is 8.95. The van der Waals surface area contributed by atoms with E-state index >= 15 is 0 Å². The Labute approximate surface area is 186 Å². The summed E-state index contributed by atoms with van der Waals surface area (Å²) in [4.78, 5) is 4.72. The third kappa shape index (κ3) is 4.14. The van der Waals surface area contributed by atoms with E-state index in [9.17, 15) is 0 Å². The number of benzene rings is 3. The van der Waals surface area contributed by atoms with Gasteiger partial charge in [0.25, 0.3) is 0 Å². The summed E-state index contributed by atoms with van der Waals surface area (Å²) in [5.41, 5.74) is 9.14. The van der Waals surface area contributed by atoms with Gasteiger partial charge in [0.15, 0.2) is 0 Å². The Morgan fingerprint density at radius 1 is 0.774 bits per heavy atom. The SMILES string of the molecule is CCCc1ccccc1-c1ccnc2cc(-c3ccc(C4CCCCC4)cc3)ccc12. The van der Waals surface area contributed by atoms with Gasteiger partial charge in [0, 0.05) is 11.6 Å². The van der Waals surface area contributed by atoms with Gasteiger partial charge in [-0.3, -0.25) is 4.98 Å². The van der Waals surface area contributed by atoms with E-state index in [1.165, 1.54) is 70.9 Å². The van der Waals surface area contributed by atoms with Crippen LogP contribution in [-0.4, -0.2) is 4.98 Å². The average Bonchev–Trinajstić information content (AvgIpc) is 2.85. The molecule has 1 aromatic heterocycles. The van der Waals surface area contributed by atoms with Gasteiger partial charge in [0.1, 0.15) is 0 Å². The van der Waals surface area contributed by atoms with Crippen LogP contribution in [0, 0.1) is 0 Å². The van der Waals surface area contributed by atoms with Gasteiger partial charge in [0.05, 0.1) is 5.52 Å². The highest BCUT2D eigenvalue weighted by molar-refractivity contribution is 5.97. The Balaban J connectivity index is 1.49. The number of hydrogen-bond acceptors (Lipinski definition) is 1. The summed E-state index contributed by atoms with van der Waals surface area (Å²) in [5, 5.41) is 1.23. The van der Waals surface area contributed by atoms with E-state index < -0.39 is 0 Å². The molecule has 156 valence electrons. The second kappa shape index (κ2) is 9.06. The first kappa shape index (κ1) is 20.0. The molecule has 0 spiro atoms. The summed E-state index contributed by atoms with van der Waals surface area (Å²) in [6.45, 7) is 2.24. The minimum Gasteiger partial charge on any atom is -0.256 e. The first-order valence-corrected chi connectivity index (χ1v) is 11.9. The van der Waals surface area contributed by atoms with Crippen LogP contribution in [0.15, 0.2) is 79.0 Å². The van der Waals surface area contributed by atoms with E-state index in [0.717, 1.165) is 24.3 Å². The van der Waals surface area contributed by atoms with Crippen LogP contribution in [0.3, 0.4) is 0 Å². The van der Waals surface area contributed by atoms with Gasteiger partial charge in [-0.15, -0.1) is 0 Å². The predicted octanol–water partition coefficient (Wildman–Crippen LogP) is 8.57. The van der Waals surface area contributed by atoms with Crippen LogP contribution in [0.1, 0.15) is 62.5 Å². The average molecular weight is 406 g/mol. The monoisotopic (exact) mass is 405 g/mol. The molecule has 4 aromatic rings. The predicted molar refractivity (Wildman–Crippen MR) is 132 cm³/mol. The normalized spacial score (nSPS) is 14.7. The molecular formula is C30H31N. The van der Waals surface area contributed by atoms with E-state index in [1.54, 1.807) is 0 Å². The summed E-state index contributed by atoms with van der Waals surface area (Å²) < 4.78 is 0. The van der Waals surface area contributed by atoms with E-state index in [4.69, 9.17) is 4.98 Å². The second-order valence-corrected chi connectivity index (χ2v) is 8.95. The summed E-state index contributed by atoms with van der Waals surface area (Å²) in [7, 11) is 0. The molecule has 0 bridgehead atoms. The first-order valence-electron chi connectivity index (χ1n) is 11.9. The van der Waals surface area contributed by atoms with Gasteiger partial charge in [0.2, 0.25) is 0 Å². The molecule has 1 fully saturated rings. The highest BCUT2D eigenvalue weighted by Gasteiger charge is 2.15. The van der Waals surface area contributed by atoms with Gasteiger partial charge in [-0.05, 0) is 70.7 Å². The first-order chi connectivity index (χ1) is 15.3. The summed E-state index contributed by atoms with van der Waals surface area (Å²) in [6.07, 6.45) is 11.1. The van der Waals surface area contributed by atoms with Gasteiger partial charge < -0.3 is 0 Å². The molecule has 0 unspecified atom stereocenters. The van der Waals surface area contributed by atoms with Gasteiger partial charge in [-0.25, -0.2) is 0 Å². The smallest absolute Gasteiger partial charge is 0.0714 e. The van der Waals surface area contributed by atoms with Crippen molar-refractivity contribution in [1.82, 2.24) is 4.98 Å². The van der Waals surface area contributed by atoms with Crippen LogP contribution in [0.5, 0.6) is 0 Å². The van der Waals surface area contributed by atoms with Crippen molar-refractivity contribution in [2.24, 2.45) is 0 Å². The largest absolute Gasteiger partial charge is 0.256 e. The highest BCUT2D eigenvalue weighted by atomic mass is 14.6. The Bertz CT molecular complexity index is 1170. The number of pyridine rings is 1. The Kier molecular flexibility index (Phi) is 5.84. The highest BCUT2D eigenvalue weighted by Crippen LogP contribution is 2.35. The molecule has 1 saturated carbocycles. The zero-order valence-corrected chi connectivity index (χ0v) is 18.5. The van der Waals surface area contributed by atoms with Crippen LogP contribution in [0.25, 0.3) is 33.2 Å². The quantitative estimate of drug-likeness (QED) is 0.324. The van der Waals surface area contributed by atoms with Crippen molar-refractivity contribution in [3.8, 4) is 22.3 Å². The lowest BCUT2D eigenvalue weighted by atomic mass is 9.83. The van der Waals surface area contributed by atoms with E-state index in [0.29, 0.717) is 0 Å². The number of fused-ring (bicyclic) bond motifs is 1. The number of aryl methyl sites for hydroxylation is 1. The maximum Gasteiger partial charge on any atom is 0.0714 e. The molecule has 0 saturated heterocycles. The maximum atomic E-state index is 4.72. The molecule has 0 atom stereocenters. The number of hydrogen-bond donors (Lipinski definition) is 0. The molecule has 1 aliphatic carbocycles. The molecule has 0 radical (unpaired) electrons. The molecule has 5 rings (SSSR count). The summed E-state index contributed by atoms with van der Waals surface area (Å²) in [6, 6.07) is 27.0. The number of aromatic nitrogens is 1. The van der Waals surface area contributed by atoms with E-state index in [1.807, 2.05) is 6.20 Å². The van der Waals surface area contributed by atoms with Crippen LogP contribution >= 0.6 is 0 Å². The Morgan fingerprint density at radius 2 is 1.55 bits per heavy atom. The maximum absolute atomic E-state index is 4.72. The minimum absolute atomic E-state index is 0.756. The van der Waals surface area contributed by atoms with Crippen molar-refractivity contribution in [1.29, 1.82) is 0 Å². The molecule has 31 heavy (non-hydrogen) atoms.